The molecule has 114 valence electrons. The van der Waals surface area contributed by atoms with Crippen molar-refractivity contribution in [2.24, 2.45) is 35.5 Å². The second-order valence-electron chi connectivity index (χ2n) is 7.99. The highest BCUT2D eigenvalue weighted by atomic mass is 14.9. The molecule has 0 bridgehead atoms. The van der Waals surface area contributed by atoms with Gasteiger partial charge >= 0.3 is 0 Å². The fourth-order valence-corrected chi connectivity index (χ4v) is 3.97. The third-order valence-corrected chi connectivity index (χ3v) is 5.35. The molecule has 0 heterocycles. The summed E-state index contributed by atoms with van der Waals surface area (Å²) in [5, 5.41) is 3.95. The maximum atomic E-state index is 3.95. The summed E-state index contributed by atoms with van der Waals surface area (Å²) in [4.78, 5) is 0. The fraction of sp³-hybridized carbons (Fsp3) is 1.00. The second-order valence-corrected chi connectivity index (χ2v) is 7.99. The van der Waals surface area contributed by atoms with Crippen LogP contribution in [0.4, 0.5) is 0 Å². The molecule has 1 nitrogen and oxygen atoms in total. The van der Waals surface area contributed by atoms with Crippen molar-refractivity contribution in [1.82, 2.24) is 5.32 Å². The third kappa shape index (κ3) is 5.10. The van der Waals surface area contributed by atoms with Crippen LogP contribution >= 0.6 is 0 Å². The minimum atomic E-state index is 0.753. The van der Waals surface area contributed by atoms with E-state index in [2.05, 4.69) is 53.8 Å². The second kappa shape index (κ2) is 7.67. The van der Waals surface area contributed by atoms with Gasteiger partial charge in [-0.15, -0.1) is 0 Å². The predicted octanol–water partition coefficient (Wildman–Crippen LogP) is 4.97. The predicted molar refractivity (Wildman–Crippen MR) is 86.3 cm³/mol. The van der Waals surface area contributed by atoms with Gasteiger partial charge in [0.2, 0.25) is 0 Å². The number of rotatable bonds is 6. The van der Waals surface area contributed by atoms with Crippen molar-refractivity contribution in [1.29, 1.82) is 0 Å². The monoisotopic (exact) mass is 267 g/mol. The Morgan fingerprint density at radius 3 is 2.00 bits per heavy atom. The maximum absolute atomic E-state index is 3.95. The van der Waals surface area contributed by atoms with E-state index in [1.165, 1.54) is 25.8 Å². The Labute approximate surface area is 121 Å². The molecule has 3 unspecified atom stereocenters. The van der Waals surface area contributed by atoms with Crippen molar-refractivity contribution in [3.05, 3.63) is 0 Å². The molecule has 0 aliphatic heterocycles. The first-order chi connectivity index (χ1) is 8.82. The number of nitrogens with one attached hydrogen (secondary N) is 1. The minimum absolute atomic E-state index is 0.753. The van der Waals surface area contributed by atoms with Crippen LogP contribution in [0, 0.1) is 35.5 Å². The van der Waals surface area contributed by atoms with Crippen LogP contribution < -0.4 is 5.32 Å². The van der Waals surface area contributed by atoms with Crippen LogP contribution in [0.2, 0.25) is 0 Å². The van der Waals surface area contributed by atoms with Gasteiger partial charge in [0.25, 0.3) is 0 Å². The molecular weight excluding hydrogens is 230 g/mol. The van der Waals surface area contributed by atoms with Gasteiger partial charge in [-0.2, -0.15) is 0 Å². The molecule has 1 N–H and O–H groups in total. The normalized spacial score (nSPS) is 28.9. The summed E-state index contributed by atoms with van der Waals surface area (Å²) in [6.45, 7) is 17.9. The smallest absolute Gasteiger partial charge is 0.0100 e. The van der Waals surface area contributed by atoms with Crippen molar-refractivity contribution in [3.63, 3.8) is 0 Å². The van der Waals surface area contributed by atoms with Gasteiger partial charge in [0, 0.05) is 6.04 Å². The van der Waals surface area contributed by atoms with Crippen LogP contribution in [0.15, 0.2) is 0 Å². The Morgan fingerprint density at radius 2 is 1.53 bits per heavy atom. The van der Waals surface area contributed by atoms with Crippen LogP contribution in [0.1, 0.15) is 67.7 Å². The zero-order chi connectivity index (χ0) is 14.6. The average molecular weight is 268 g/mol. The lowest BCUT2D eigenvalue weighted by Crippen LogP contribution is -2.45. The SMILES string of the molecule is CC1CCC(C(C)C)C(NCC(C(C)C)C(C)C)C1. The van der Waals surface area contributed by atoms with Gasteiger partial charge in [-0.1, -0.05) is 54.9 Å². The van der Waals surface area contributed by atoms with Crippen LogP contribution in [0.5, 0.6) is 0 Å². The largest absolute Gasteiger partial charge is 0.313 e. The molecule has 19 heavy (non-hydrogen) atoms. The summed E-state index contributed by atoms with van der Waals surface area (Å²) < 4.78 is 0. The van der Waals surface area contributed by atoms with Crippen LogP contribution in [0.25, 0.3) is 0 Å². The van der Waals surface area contributed by atoms with Crippen molar-refractivity contribution in [2.75, 3.05) is 6.54 Å². The van der Waals surface area contributed by atoms with E-state index >= 15 is 0 Å². The average Bonchev–Trinajstić information content (AvgIpc) is 2.27. The summed E-state index contributed by atoms with van der Waals surface area (Å²) >= 11 is 0. The van der Waals surface area contributed by atoms with E-state index in [1.807, 2.05) is 0 Å². The zero-order valence-electron chi connectivity index (χ0n) is 14.4. The Hall–Kier alpha value is -0.0400. The van der Waals surface area contributed by atoms with Gasteiger partial charge in [-0.3, -0.25) is 0 Å². The first-order valence-electron chi connectivity index (χ1n) is 8.56. The van der Waals surface area contributed by atoms with E-state index < -0.39 is 0 Å². The standard InChI is InChI=1S/C18H37N/c1-12(2)16-9-8-15(7)10-18(16)19-11-17(13(3)4)14(5)6/h12-19H,8-11H2,1-7H3. The van der Waals surface area contributed by atoms with Crippen molar-refractivity contribution in [2.45, 2.75) is 73.8 Å². The Bertz CT molecular complexity index is 236. The van der Waals surface area contributed by atoms with Gasteiger partial charge in [-0.25, -0.2) is 0 Å². The van der Waals surface area contributed by atoms with E-state index in [4.69, 9.17) is 0 Å². The quantitative estimate of drug-likeness (QED) is 0.717. The molecule has 3 atom stereocenters. The molecule has 0 amide bonds. The summed E-state index contributed by atoms with van der Waals surface area (Å²) in [6, 6.07) is 0.753. The molecule has 0 aromatic carbocycles. The van der Waals surface area contributed by atoms with Gasteiger partial charge in [0.05, 0.1) is 0 Å². The highest BCUT2D eigenvalue weighted by Crippen LogP contribution is 2.33. The highest BCUT2D eigenvalue weighted by Gasteiger charge is 2.31. The maximum Gasteiger partial charge on any atom is 0.0100 e. The fourth-order valence-electron chi connectivity index (χ4n) is 3.97. The summed E-state index contributed by atoms with van der Waals surface area (Å²) in [5.74, 6) is 4.99. The zero-order valence-corrected chi connectivity index (χ0v) is 14.4. The third-order valence-electron chi connectivity index (χ3n) is 5.35. The number of hydrogen-bond donors (Lipinski definition) is 1. The van der Waals surface area contributed by atoms with Gasteiger partial charge in [0.1, 0.15) is 0 Å². The molecule has 0 spiro atoms. The molecule has 1 heteroatoms. The van der Waals surface area contributed by atoms with Gasteiger partial charge in [-0.05, 0) is 54.9 Å². The molecule has 0 aromatic rings. The Kier molecular flexibility index (Phi) is 6.86. The molecule has 0 saturated heterocycles. The molecular formula is C18H37N. The lowest BCUT2D eigenvalue weighted by molar-refractivity contribution is 0.154. The van der Waals surface area contributed by atoms with Gasteiger partial charge in [0.15, 0.2) is 0 Å². The molecule has 0 aromatic heterocycles. The Morgan fingerprint density at radius 1 is 0.947 bits per heavy atom. The van der Waals surface area contributed by atoms with E-state index in [-0.39, 0.29) is 0 Å². The van der Waals surface area contributed by atoms with E-state index in [9.17, 15) is 0 Å². The van der Waals surface area contributed by atoms with Crippen molar-refractivity contribution < 1.29 is 0 Å². The molecule has 1 rings (SSSR count). The van der Waals surface area contributed by atoms with Crippen molar-refractivity contribution in [3.8, 4) is 0 Å². The Balaban J connectivity index is 2.56. The first kappa shape index (κ1) is 17.0. The van der Waals surface area contributed by atoms with E-state index in [0.29, 0.717) is 0 Å². The number of hydrogen-bond acceptors (Lipinski definition) is 1. The van der Waals surface area contributed by atoms with E-state index in [0.717, 1.165) is 41.5 Å². The lowest BCUT2D eigenvalue weighted by Gasteiger charge is -2.39. The molecule has 1 aliphatic carbocycles. The van der Waals surface area contributed by atoms with E-state index in [1.54, 1.807) is 0 Å². The summed E-state index contributed by atoms with van der Waals surface area (Å²) in [7, 11) is 0. The minimum Gasteiger partial charge on any atom is -0.313 e. The van der Waals surface area contributed by atoms with Crippen LogP contribution in [-0.2, 0) is 0 Å². The molecule has 0 radical (unpaired) electrons. The highest BCUT2D eigenvalue weighted by molar-refractivity contribution is 4.86. The van der Waals surface area contributed by atoms with Crippen LogP contribution in [-0.4, -0.2) is 12.6 Å². The lowest BCUT2D eigenvalue weighted by atomic mass is 9.73. The van der Waals surface area contributed by atoms with Crippen LogP contribution in [0.3, 0.4) is 0 Å². The van der Waals surface area contributed by atoms with Crippen molar-refractivity contribution >= 4 is 0 Å². The van der Waals surface area contributed by atoms with Gasteiger partial charge < -0.3 is 5.32 Å². The molecule has 1 saturated carbocycles. The topological polar surface area (TPSA) is 12.0 Å². The molecule has 1 fully saturated rings. The molecule has 1 aliphatic rings. The summed E-state index contributed by atoms with van der Waals surface area (Å²) in [5.41, 5.74) is 0. The first-order valence-corrected chi connectivity index (χ1v) is 8.56. The summed E-state index contributed by atoms with van der Waals surface area (Å²) in [6.07, 6.45) is 4.23.